The quantitative estimate of drug-likeness (QED) is 0.878. The predicted octanol–water partition coefficient (Wildman–Crippen LogP) is 3.96. The maximum Gasteiger partial charge on any atom is 0.138 e. The molecule has 0 aliphatic rings. The molecule has 0 fully saturated rings. The third-order valence-corrected chi connectivity index (χ3v) is 4.24. The third kappa shape index (κ3) is 4.20. The molecule has 2 rings (SSSR count). The first-order chi connectivity index (χ1) is 9.58. The highest BCUT2D eigenvalue weighted by atomic mass is 35.5. The molecule has 0 amide bonds. The molecule has 108 valence electrons. The molecule has 1 unspecified atom stereocenters. The Morgan fingerprint density at radius 3 is 2.85 bits per heavy atom. The van der Waals surface area contributed by atoms with E-state index >= 15 is 0 Å². The highest BCUT2D eigenvalue weighted by Gasteiger charge is 2.07. The van der Waals surface area contributed by atoms with Gasteiger partial charge >= 0.3 is 0 Å². The zero-order valence-corrected chi connectivity index (χ0v) is 13.3. The van der Waals surface area contributed by atoms with Crippen LogP contribution >= 0.6 is 22.9 Å². The maximum absolute atomic E-state index is 6.25. The van der Waals surface area contributed by atoms with Gasteiger partial charge < -0.3 is 10.5 Å². The van der Waals surface area contributed by atoms with E-state index < -0.39 is 0 Å². The fourth-order valence-electron chi connectivity index (χ4n) is 1.86. The average molecular weight is 311 g/mol. The standard InChI is InChI=1S/C15H19ClN2OS/c1-3-12(17)6-11-4-5-15(14(16)7-11)19-9-13-8-18-10(2)20-13/h4-5,7-8,12H,3,6,9,17H2,1-2H3. The molecule has 2 aromatic rings. The molecule has 5 heteroatoms. The van der Waals surface area contributed by atoms with Gasteiger partial charge in [-0.3, -0.25) is 0 Å². The number of aromatic nitrogens is 1. The first-order valence-electron chi connectivity index (χ1n) is 6.66. The molecule has 0 aliphatic heterocycles. The van der Waals surface area contributed by atoms with E-state index in [0.717, 1.165) is 28.3 Å². The van der Waals surface area contributed by atoms with Crippen molar-refractivity contribution in [2.24, 2.45) is 5.73 Å². The van der Waals surface area contributed by atoms with Gasteiger partial charge in [0.05, 0.1) is 14.9 Å². The summed E-state index contributed by atoms with van der Waals surface area (Å²) in [5.74, 6) is 0.700. The second-order valence-electron chi connectivity index (χ2n) is 4.77. The van der Waals surface area contributed by atoms with Gasteiger partial charge in [-0.25, -0.2) is 4.98 Å². The van der Waals surface area contributed by atoms with Crippen molar-refractivity contribution in [1.82, 2.24) is 4.98 Å². The Labute approximate surface area is 128 Å². The molecule has 0 saturated heterocycles. The van der Waals surface area contributed by atoms with Crippen LogP contribution in [-0.2, 0) is 13.0 Å². The summed E-state index contributed by atoms with van der Waals surface area (Å²) >= 11 is 7.88. The van der Waals surface area contributed by atoms with Crippen molar-refractivity contribution < 1.29 is 4.74 Å². The summed E-state index contributed by atoms with van der Waals surface area (Å²) in [4.78, 5) is 5.29. The van der Waals surface area contributed by atoms with Gasteiger partial charge in [0.2, 0.25) is 0 Å². The Kier molecular flexibility index (Phi) is 5.40. The van der Waals surface area contributed by atoms with E-state index in [0.29, 0.717) is 17.4 Å². The smallest absolute Gasteiger partial charge is 0.138 e. The van der Waals surface area contributed by atoms with Crippen molar-refractivity contribution in [2.75, 3.05) is 0 Å². The Morgan fingerprint density at radius 1 is 1.45 bits per heavy atom. The van der Waals surface area contributed by atoms with Gasteiger partial charge in [0.25, 0.3) is 0 Å². The average Bonchev–Trinajstić information content (AvgIpc) is 2.83. The van der Waals surface area contributed by atoms with Crippen molar-refractivity contribution in [3.8, 4) is 5.75 Å². The second-order valence-corrected chi connectivity index (χ2v) is 6.50. The summed E-state index contributed by atoms with van der Waals surface area (Å²) in [6, 6.07) is 6.05. The van der Waals surface area contributed by atoms with Crippen LogP contribution in [0.15, 0.2) is 24.4 Å². The molecular weight excluding hydrogens is 292 g/mol. The second kappa shape index (κ2) is 7.07. The lowest BCUT2D eigenvalue weighted by Gasteiger charge is -2.11. The molecule has 3 nitrogen and oxygen atoms in total. The number of benzene rings is 1. The Balaban J connectivity index is 1.98. The van der Waals surface area contributed by atoms with Gasteiger partial charge in [0.15, 0.2) is 0 Å². The van der Waals surface area contributed by atoms with Crippen LogP contribution in [0, 0.1) is 6.92 Å². The van der Waals surface area contributed by atoms with Crippen LogP contribution in [0.25, 0.3) is 0 Å². The summed E-state index contributed by atoms with van der Waals surface area (Å²) in [6.07, 6.45) is 3.63. The molecule has 2 N–H and O–H groups in total. The third-order valence-electron chi connectivity index (χ3n) is 3.06. The van der Waals surface area contributed by atoms with Crippen molar-refractivity contribution in [3.63, 3.8) is 0 Å². The highest BCUT2D eigenvalue weighted by Crippen LogP contribution is 2.27. The number of thiazole rings is 1. The van der Waals surface area contributed by atoms with Gasteiger partial charge in [-0.1, -0.05) is 24.6 Å². The van der Waals surface area contributed by atoms with Gasteiger partial charge in [-0.2, -0.15) is 0 Å². The molecule has 0 aliphatic carbocycles. The van der Waals surface area contributed by atoms with E-state index in [1.54, 1.807) is 11.3 Å². The van der Waals surface area contributed by atoms with Crippen molar-refractivity contribution >= 4 is 22.9 Å². The lowest BCUT2D eigenvalue weighted by Crippen LogP contribution is -2.21. The Hall–Kier alpha value is -1.10. The largest absolute Gasteiger partial charge is 0.486 e. The molecule has 1 aromatic heterocycles. The van der Waals surface area contributed by atoms with Crippen molar-refractivity contribution in [3.05, 3.63) is 44.9 Å². The SMILES string of the molecule is CCC(N)Cc1ccc(OCc2cnc(C)s2)c(Cl)c1. The zero-order chi connectivity index (χ0) is 14.5. The van der Waals surface area contributed by atoms with Gasteiger partial charge in [0.1, 0.15) is 12.4 Å². The topological polar surface area (TPSA) is 48.1 Å². The molecule has 0 saturated carbocycles. The number of aryl methyl sites for hydroxylation is 1. The number of hydrogen-bond acceptors (Lipinski definition) is 4. The van der Waals surface area contributed by atoms with Crippen LogP contribution in [-0.4, -0.2) is 11.0 Å². The Morgan fingerprint density at radius 2 is 2.25 bits per heavy atom. The van der Waals surface area contributed by atoms with Crippen LogP contribution in [0.1, 0.15) is 28.8 Å². The summed E-state index contributed by atoms with van der Waals surface area (Å²) in [5, 5.41) is 1.67. The monoisotopic (exact) mass is 310 g/mol. The number of hydrogen-bond donors (Lipinski definition) is 1. The lowest BCUT2D eigenvalue weighted by molar-refractivity contribution is 0.309. The molecule has 1 atom stereocenters. The van der Waals surface area contributed by atoms with Crippen LogP contribution in [0.4, 0.5) is 0 Å². The number of ether oxygens (including phenoxy) is 1. The minimum atomic E-state index is 0.179. The van der Waals surface area contributed by atoms with E-state index in [4.69, 9.17) is 22.1 Å². The summed E-state index contributed by atoms with van der Waals surface area (Å²) < 4.78 is 5.73. The first-order valence-corrected chi connectivity index (χ1v) is 7.86. The molecule has 0 radical (unpaired) electrons. The zero-order valence-electron chi connectivity index (χ0n) is 11.7. The molecule has 0 spiro atoms. The minimum absolute atomic E-state index is 0.179. The molecular formula is C15H19ClN2OS. The van der Waals surface area contributed by atoms with E-state index in [1.165, 1.54) is 0 Å². The van der Waals surface area contributed by atoms with E-state index in [2.05, 4.69) is 11.9 Å². The molecule has 1 aromatic carbocycles. The normalized spacial score (nSPS) is 12.4. The fraction of sp³-hybridized carbons (Fsp3) is 0.400. The van der Waals surface area contributed by atoms with Crippen LogP contribution in [0.2, 0.25) is 5.02 Å². The number of nitrogens with zero attached hydrogens (tertiary/aromatic N) is 1. The van der Waals surface area contributed by atoms with E-state index in [1.807, 2.05) is 31.3 Å². The van der Waals surface area contributed by atoms with Crippen LogP contribution in [0.5, 0.6) is 5.75 Å². The van der Waals surface area contributed by atoms with Gasteiger partial charge in [-0.15, -0.1) is 11.3 Å². The maximum atomic E-state index is 6.25. The number of rotatable bonds is 6. The molecule has 0 bridgehead atoms. The minimum Gasteiger partial charge on any atom is -0.486 e. The van der Waals surface area contributed by atoms with Gasteiger partial charge in [0, 0.05) is 12.2 Å². The molecule has 20 heavy (non-hydrogen) atoms. The highest BCUT2D eigenvalue weighted by molar-refractivity contribution is 7.11. The predicted molar refractivity (Wildman–Crippen MR) is 84.6 cm³/mol. The fourth-order valence-corrected chi connectivity index (χ4v) is 2.82. The number of halogens is 1. The summed E-state index contributed by atoms with van der Waals surface area (Å²) in [6.45, 7) is 4.56. The number of nitrogens with two attached hydrogens (primary N) is 1. The van der Waals surface area contributed by atoms with Crippen molar-refractivity contribution in [2.45, 2.75) is 39.3 Å². The lowest BCUT2D eigenvalue weighted by atomic mass is 10.0. The van der Waals surface area contributed by atoms with Crippen LogP contribution in [0.3, 0.4) is 0 Å². The Bertz CT molecular complexity index is 571. The summed E-state index contributed by atoms with van der Waals surface area (Å²) in [7, 11) is 0. The molecule has 1 heterocycles. The summed E-state index contributed by atoms with van der Waals surface area (Å²) in [5.41, 5.74) is 7.09. The first kappa shape index (κ1) is 15.3. The van der Waals surface area contributed by atoms with Crippen molar-refractivity contribution in [1.29, 1.82) is 0 Å². The van der Waals surface area contributed by atoms with E-state index in [-0.39, 0.29) is 6.04 Å². The van der Waals surface area contributed by atoms with Gasteiger partial charge in [-0.05, 0) is 37.5 Å². The van der Waals surface area contributed by atoms with E-state index in [9.17, 15) is 0 Å². The van der Waals surface area contributed by atoms with Crippen LogP contribution < -0.4 is 10.5 Å².